The molecule has 0 aliphatic heterocycles. The summed E-state index contributed by atoms with van der Waals surface area (Å²) in [4.78, 5) is 16.9. The number of amides is 1. The number of anilines is 1. The molecule has 1 N–H and O–H groups in total. The molecule has 2 aromatic heterocycles. The second kappa shape index (κ2) is 9.48. The second-order valence-electron chi connectivity index (χ2n) is 6.70. The van der Waals surface area contributed by atoms with Gasteiger partial charge in [0.25, 0.3) is 5.91 Å². The number of carbonyl (C=O) groups excluding carboxylic acids is 1. The first-order valence-electron chi connectivity index (χ1n) is 9.49. The van der Waals surface area contributed by atoms with E-state index in [1.54, 1.807) is 41.5 Å². The van der Waals surface area contributed by atoms with Gasteiger partial charge >= 0.3 is 0 Å². The fourth-order valence-corrected chi connectivity index (χ4v) is 3.36. The van der Waals surface area contributed by atoms with Crippen molar-refractivity contribution in [2.45, 2.75) is 0 Å². The van der Waals surface area contributed by atoms with Gasteiger partial charge in [0.2, 0.25) is 0 Å². The summed E-state index contributed by atoms with van der Waals surface area (Å²) in [6.45, 7) is 0. The van der Waals surface area contributed by atoms with Crippen molar-refractivity contribution in [3.8, 4) is 23.0 Å². The minimum Gasteiger partial charge on any atom is -0.320 e. The highest BCUT2D eigenvalue weighted by molar-refractivity contribution is 6.36. The Balaban J connectivity index is 1.75. The Bertz CT molecular complexity index is 1340. The number of rotatable bonds is 5. The second-order valence-corrected chi connectivity index (χ2v) is 7.55. The number of hydrogen-bond acceptors (Lipinski definition) is 4. The molecule has 2 aromatic carbocycles. The number of halogens is 2. The Morgan fingerprint density at radius 3 is 2.62 bits per heavy atom. The van der Waals surface area contributed by atoms with Crippen molar-refractivity contribution in [1.29, 1.82) is 5.26 Å². The number of nitrogens with one attached hydrogen (secondary N) is 1. The molecule has 0 spiro atoms. The summed E-state index contributed by atoms with van der Waals surface area (Å²) in [5, 5.41) is 17.7. The van der Waals surface area contributed by atoms with Crippen molar-refractivity contribution in [1.82, 2.24) is 14.8 Å². The Morgan fingerprint density at radius 1 is 1.09 bits per heavy atom. The van der Waals surface area contributed by atoms with Crippen LogP contribution >= 0.6 is 23.2 Å². The van der Waals surface area contributed by atoms with Gasteiger partial charge in [0.1, 0.15) is 17.3 Å². The molecule has 1 amide bonds. The third-order valence-electron chi connectivity index (χ3n) is 4.54. The van der Waals surface area contributed by atoms with E-state index >= 15 is 0 Å². The molecule has 8 heteroatoms. The number of nitriles is 1. The van der Waals surface area contributed by atoms with E-state index in [9.17, 15) is 10.1 Å². The summed E-state index contributed by atoms with van der Waals surface area (Å²) in [5.41, 5.74) is 2.97. The smallest absolute Gasteiger partial charge is 0.266 e. The number of hydrogen-bond donors (Lipinski definition) is 1. The normalized spacial score (nSPS) is 11.1. The van der Waals surface area contributed by atoms with Crippen LogP contribution in [0.15, 0.2) is 84.8 Å². The SMILES string of the molecule is N#CC(=Cc1cn(-c2ccccc2)nc1-c1cccnc1)C(=O)Nc1cc(Cl)ccc1Cl. The van der Waals surface area contributed by atoms with Gasteiger partial charge in [0.15, 0.2) is 0 Å². The average molecular weight is 460 g/mol. The van der Waals surface area contributed by atoms with Gasteiger partial charge in [-0.3, -0.25) is 9.78 Å². The van der Waals surface area contributed by atoms with E-state index < -0.39 is 5.91 Å². The maximum absolute atomic E-state index is 12.8. The topological polar surface area (TPSA) is 83.6 Å². The fraction of sp³-hybridized carbons (Fsp3) is 0. The maximum atomic E-state index is 12.8. The number of nitrogens with zero attached hydrogens (tertiary/aromatic N) is 4. The number of aromatic nitrogens is 3. The summed E-state index contributed by atoms with van der Waals surface area (Å²) in [6, 6.07) is 19.8. The van der Waals surface area contributed by atoms with Crippen molar-refractivity contribution < 1.29 is 4.79 Å². The Kier molecular flexibility index (Phi) is 6.31. The molecule has 4 aromatic rings. The predicted octanol–water partition coefficient (Wildman–Crippen LogP) is 5.79. The molecule has 0 unspecified atom stereocenters. The molecular formula is C24H15Cl2N5O. The van der Waals surface area contributed by atoms with E-state index in [1.807, 2.05) is 42.5 Å². The quantitative estimate of drug-likeness (QED) is 0.302. The molecule has 156 valence electrons. The zero-order valence-corrected chi connectivity index (χ0v) is 18.0. The number of para-hydroxylation sites is 1. The third-order valence-corrected chi connectivity index (χ3v) is 5.10. The molecular weight excluding hydrogens is 445 g/mol. The van der Waals surface area contributed by atoms with Crippen LogP contribution in [0, 0.1) is 11.3 Å². The fourth-order valence-electron chi connectivity index (χ4n) is 3.02. The Hall–Kier alpha value is -3.92. The lowest BCUT2D eigenvalue weighted by molar-refractivity contribution is -0.112. The third kappa shape index (κ3) is 4.70. The molecule has 0 radical (unpaired) electrons. The minimum absolute atomic E-state index is 0.112. The van der Waals surface area contributed by atoms with Crippen LogP contribution in [0.25, 0.3) is 23.0 Å². The Morgan fingerprint density at radius 2 is 1.91 bits per heavy atom. The molecule has 2 heterocycles. The van der Waals surface area contributed by atoms with E-state index in [4.69, 9.17) is 23.2 Å². The first kappa shape index (κ1) is 21.3. The first-order chi connectivity index (χ1) is 15.5. The molecule has 0 fully saturated rings. The van der Waals surface area contributed by atoms with Crippen LogP contribution in [0.5, 0.6) is 0 Å². The largest absolute Gasteiger partial charge is 0.320 e. The molecule has 0 bridgehead atoms. The van der Waals surface area contributed by atoms with Gasteiger partial charge in [-0.1, -0.05) is 41.4 Å². The molecule has 6 nitrogen and oxygen atoms in total. The average Bonchev–Trinajstić information content (AvgIpc) is 3.25. The van der Waals surface area contributed by atoms with E-state index in [-0.39, 0.29) is 5.57 Å². The molecule has 0 saturated heterocycles. The van der Waals surface area contributed by atoms with Gasteiger partial charge in [-0.15, -0.1) is 0 Å². The van der Waals surface area contributed by atoms with Crippen LogP contribution < -0.4 is 5.32 Å². The zero-order chi connectivity index (χ0) is 22.5. The number of benzene rings is 2. The highest BCUT2D eigenvalue weighted by Gasteiger charge is 2.16. The van der Waals surface area contributed by atoms with E-state index in [1.165, 1.54) is 12.1 Å². The minimum atomic E-state index is -0.610. The van der Waals surface area contributed by atoms with Crippen LogP contribution in [0.3, 0.4) is 0 Å². The van der Waals surface area contributed by atoms with Crippen molar-refractivity contribution in [3.05, 3.63) is 100 Å². The van der Waals surface area contributed by atoms with Gasteiger partial charge in [-0.2, -0.15) is 10.4 Å². The lowest BCUT2D eigenvalue weighted by Gasteiger charge is -2.07. The summed E-state index contributed by atoms with van der Waals surface area (Å²) < 4.78 is 1.69. The number of pyridine rings is 1. The highest BCUT2D eigenvalue weighted by Crippen LogP contribution is 2.27. The van der Waals surface area contributed by atoms with Crippen molar-refractivity contribution in [3.63, 3.8) is 0 Å². The maximum Gasteiger partial charge on any atom is 0.266 e. The van der Waals surface area contributed by atoms with E-state index in [2.05, 4.69) is 15.4 Å². The van der Waals surface area contributed by atoms with E-state index in [0.29, 0.717) is 27.0 Å². The molecule has 4 rings (SSSR count). The summed E-state index contributed by atoms with van der Waals surface area (Å²) in [7, 11) is 0. The molecule has 0 aliphatic rings. The standard InChI is InChI=1S/C24H15Cl2N5O/c25-19-8-9-21(26)22(12-19)29-24(32)17(13-27)11-18-15-31(20-6-2-1-3-7-20)30-23(18)16-5-4-10-28-14-16/h1-12,14-15H,(H,29,32). The molecule has 32 heavy (non-hydrogen) atoms. The van der Waals surface area contributed by atoms with Gasteiger partial charge in [-0.25, -0.2) is 4.68 Å². The van der Waals surface area contributed by atoms with Gasteiger partial charge in [0.05, 0.1) is 16.4 Å². The zero-order valence-electron chi connectivity index (χ0n) is 16.5. The summed E-state index contributed by atoms with van der Waals surface area (Å²) in [5.74, 6) is -0.610. The van der Waals surface area contributed by atoms with Crippen LogP contribution in [0.2, 0.25) is 10.0 Å². The van der Waals surface area contributed by atoms with Gasteiger partial charge in [0, 0.05) is 34.7 Å². The van der Waals surface area contributed by atoms with Crippen LogP contribution in [-0.2, 0) is 4.79 Å². The lowest BCUT2D eigenvalue weighted by atomic mass is 10.1. The molecule has 0 saturated carbocycles. The number of carbonyl (C=O) groups is 1. The van der Waals surface area contributed by atoms with E-state index in [0.717, 1.165) is 11.3 Å². The summed E-state index contributed by atoms with van der Waals surface area (Å²) >= 11 is 12.1. The highest BCUT2D eigenvalue weighted by atomic mass is 35.5. The van der Waals surface area contributed by atoms with Crippen molar-refractivity contribution in [2.75, 3.05) is 5.32 Å². The van der Waals surface area contributed by atoms with Crippen molar-refractivity contribution >= 4 is 40.9 Å². The van der Waals surface area contributed by atoms with Crippen LogP contribution in [0.4, 0.5) is 5.69 Å². The molecule has 0 aliphatic carbocycles. The lowest BCUT2D eigenvalue weighted by Crippen LogP contribution is -2.13. The monoisotopic (exact) mass is 459 g/mol. The Labute approximate surface area is 194 Å². The van der Waals surface area contributed by atoms with Crippen LogP contribution in [0.1, 0.15) is 5.56 Å². The molecule has 0 atom stereocenters. The predicted molar refractivity (Wildman–Crippen MR) is 125 cm³/mol. The van der Waals surface area contributed by atoms with Crippen molar-refractivity contribution in [2.24, 2.45) is 0 Å². The summed E-state index contributed by atoms with van der Waals surface area (Å²) in [6.07, 6.45) is 6.58. The van der Waals surface area contributed by atoms with Gasteiger partial charge in [-0.05, 0) is 48.5 Å². The van der Waals surface area contributed by atoms with Gasteiger partial charge < -0.3 is 5.32 Å². The van der Waals surface area contributed by atoms with Crippen LogP contribution in [-0.4, -0.2) is 20.7 Å². The first-order valence-corrected chi connectivity index (χ1v) is 10.2.